The van der Waals surface area contributed by atoms with Crippen LogP contribution in [0.4, 0.5) is 0 Å². The lowest BCUT2D eigenvalue weighted by atomic mass is 10.2. The first kappa shape index (κ1) is 11.5. The summed E-state index contributed by atoms with van der Waals surface area (Å²) in [6.45, 7) is 2.15. The maximum atomic E-state index is 11.2. The van der Waals surface area contributed by atoms with Gasteiger partial charge in [-0.25, -0.2) is 0 Å². The third-order valence-electron chi connectivity index (χ3n) is 1.77. The lowest BCUT2D eigenvalue weighted by Crippen LogP contribution is -2.29. The van der Waals surface area contributed by atoms with Gasteiger partial charge < -0.3 is 5.32 Å². The maximum Gasteiger partial charge on any atom is 0.238 e. The van der Waals surface area contributed by atoms with E-state index in [4.69, 9.17) is 11.6 Å². The van der Waals surface area contributed by atoms with E-state index in [-0.39, 0.29) is 5.91 Å². The molecule has 0 aliphatic heterocycles. The van der Waals surface area contributed by atoms with Crippen LogP contribution in [0.5, 0.6) is 0 Å². The molecule has 0 spiro atoms. The van der Waals surface area contributed by atoms with E-state index in [1.807, 2.05) is 24.3 Å². The minimum Gasteiger partial charge on any atom is -0.351 e. The Balaban J connectivity index is 2.54. The fourth-order valence-corrected chi connectivity index (χ4v) is 1.47. The molecule has 4 heteroatoms. The van der Waals surface area contributed by atoms with Crippen LogP contribution >= 0.6 is 27.5 Å². The van der Waals surface area contributed by atoms with Crippen LogP contribution in [0, 0.1) is 0 Å². The molecule has 14 heavy (non-hydrogen) atoms. The van der Waals surface area contributed by atoms with Crippen LogP contribution in [0.25, 0.3) is 0 Å². The number of hydrogen-bond donors (Lipinski definition) is 1. The molecular formula is C10H11BrClNO. The molecule has 0 radical (unpaired) electrons. The van der Waals surface area contributed by atoms with Crippen molar-refractivity contribution >= 4 is 33.4 Å². The molecule has 0 bridgehead atoms. The Labute approximate surface area is 96.8 Å². The van der Waals surface area contributed by atoms with Crippen molar-refractivity contribution in [3.05, 3.63) is 34.3 Å². The van der Waals surface area contributed by atoms with Gasteiger partial charge >= 0.3 is 0 Å². The zero-order chi connectivity index (χ0) is 10.6. The zero-order valence-electron chi connectivity index (χ0n) is 7.76. The zero-order valence-corrected chi connectivity index (χ0v) is 10.1. The molecule has 0 saturated heterocycles. The predicted molar refractivity (Wildman–Crippen MR) is 61.3 cm³/mol. The van der Waals surface area contributed by atoms with Gasteiger partial charge in [0.25, 0.3) is 0 Å². The summed E-state index contributed by atoms with van der Waals surface area (Å²) < 4.78 is 0.988. The summed E-state index contributed by atoms with van der Waals surface area (Å²) in [5.74, 6) is -0.151. The molecule has 2 nitrogen and oxygen atoms in total. The molecule has 1 aromatic rings. The molecule has 0 aliphatic carbocycles. The smallest absolute Gasteiger partial charge is 0.238 e. The molecule has 1 N–H and O–H groups in total. The van der Waals surface area contributed by atoms with E-state index in [1.54, 1.807) is 6.92 Å². The van der Waals surface area contributed by atoms with Crippen LogP contribution in [0.2, 0.25) is 0 Å². The summed E-state index contributed by atoms with van der Waals surface area (Å²) in [7, 11) is 0. The van der Waals surface area contributed by atoms with Crippen molar-refractivity contribution < 1.29 is 4.79 Å². The second-order valence-electron chi connectivity index (χ2n) is 2.93. The van der Waals surface area contributed by atoms with E-state index >= 15 is 0 Å². The Bertz CT molecular complexity index is 328. The number of rotatable bonds is 3. The first-order valence-electron chi connectivity index (χ1n) is 4.26. The molecule has 1 unspecified atom stereocenters. The Morgan fingerprint density at radius 1 is 1.57 bits per heavy atom. The SMILES string of the molecule is CC(Cl)C(=O)NCc1ccccc1Br. The number of halogens is 2. The first-order valence-corrected chi connectivity index (χ1v) is 5.49. The van der Waals surface area contributed by atoms with Crippen LogP contribution < -0.4 is 5.32 Å². The highest BCUT2D eigenvalue weighted by molar-refractivity contribution is 9.10. The Hall–Kier alpha value is -0.540. The molecule has 0 saturated carbocycles. The molecule has 0 aliphatic rings. The summed E-state index contributed by atoms with van der Waals surface area (Å²) >= 11 is 9.01. The summed E-state index contributed by atoms with van der Waals surface area (Å²) in [4.78, 5) is 11.2. The fourth-order valence-electron chi connectivity index (χ4n) is 0.965. The molecule has 1 rings (SSSR count). The fraction of sp³-hybridized carbons (Fsp3) is 0.300. The van der Waals surface area contributed by atoms with Crippen LogP contribution in [-0.4, -0.2) is 11.3 Å². The highest BCUT2D eigenvalue weighted by Gasteiger charge is 2.08. The monoisotopic (exact) mass is 275 g/mol. The third kappa shape index (κ3) is 3.31. The third-order valence-corrected chi connectivity index (χ3v) is 2.74. The number of amides is 1. The van der Waals surface area contributed by atoms with Gasteiger partial charge in [-0.2, -0.15) is 0 Å². The van der Waals surface area contributed by atoms with E-state index in [0.29, 0.717) is 6.54 Å². The average Bonchev–Trinajstić information content (AvgIpc) is 2.16. The van der Waals surface area contributed by atoms with Crippen molar-refractivity contribution in [2.24, 2.45) is 0 Å². The molecule has 0 aromatic heterocycles. The van der Waals surface area contributed by atoms with E-state index in [0.717, 1.165) is 10.0 Å². The highest BCUT2D eigenvalue weighted by Crippen LogP contribution is 2.15. The highest BCUT2D eigenvalue weighted by atomic mass is 79.9. The van der Waals surface area contributed by atoms with E-state index in [1.165, 1.54) is 0 Å². The molecule has 0 heterocycles. The van der Waals surface area contributed by atoms with Crippen molar-refractivity contribution in [2.45, 2.75) is 18.8 Å². The van der Waals surface area contributed by atoms with Crippen LogP contribution in [-0.2, 0) is 11.3 Å². The molecule has 0 fully saturated rings. The summed E-state index contributed by atoms with van der Waals surface area (Å²) in [6.07, 6.45) is 0. The Morgan fingerprint density at radius 3 is 2.79 bits per heavy atom. The van der Waals surface area contributed by atoms with Crippen molar-refractivity contribution in [3.63, 3.8) is 0 Å². The minimum absolute atomic E-state index is 0.151. The summed E-state index contributed by atoms with van der Waals surface area (Å²) in [6, 6.07) is 7.74. The molecule has 1 atom stereocenters. The number of alkyl halides is 1. The minimum atomic E-state index is -0.488. The average molecular weight is 277 g/mol. The van der Waals surface area contributed by atoms with Gasteiger partial charge in [0, 0.05) is 11.0 Å². The van der Waals surface area contributed by atoms with E-state index in [9.17, 15) is 4.79 Å². The van der Waals surface area contributed by atoms with E-state index in [2.05, 4.69) is 21.2 Å². The normalized spacial score (nSPS) is 12.2. The Morgan fingerprint density at radius 2 is 2.21 bits per heavy atom. The largest absolute Gasteiger partial charge is 0.351 e. The number of carbonyl (C=O) groups excluding carboxylic acids is 1. The van der Waals surface area contributed by atoms with E-state index < -0.39 is 5.38 Å². The van der Waals surface area contributed by atoms with Gasteiger partial charge in [-0.15, -0.1) is 11.6 Å². The van der Waals surface area contributed by atoms with Gasteiger partial charge in [0.15, 0.2) is 0 Å². The lowest BCUT2D eigenvalue weighted by Gasteiger charge is -2.07. The number of carbonyl (C=O) groups is 1. The van der Waals surface area contributed by atoms with Crippen molar-refractivity contribution in [2.75, 3.05) is 0 Å². The summed E-state index contributed by atoms with van der Waals surface area (Å²) in [5.41, 5.74) is 1.04. The Kier molecular flexibility index (Phi) is 4.42. The lowest BCUT2D eigenvalue weighted by molar-refractivity contribution is -0.120. The maximum absolute atomic E-state index is 11.2. The molecule has 76 valence electrons. The molecule has 1 amide bonds. The first-order chi connectivity index (χ1) is 6.61. The number of nitrogens with one attached hydrogen (secondary N) is 1. The molecular weight excluding hydrogens is 265 g/mol. The van der Waals surface area contributed by atoms with Gasteiger partial charge in [-0.1, -0.05) is 34.1 Å². The second kappa shape index (κ2) is 5.37. The van der Waals surface area contributed by atoms with Gasteiger partial charge in [-0.05, 0) is 18.6 Å². The van der Waals surface area contributed by atoms with Crippen molar-refractivity contribution in [1.29, 1.82) is 0 Å². The number of benzene rings is 1. The molecule has 1 aromatic carbocycles. The number of hydrogen-bond acceptors (Lipinski definition) is 1. The topological polar surface area (TPSA) is 29.1 Å². The standard InChI is InChI=1S/C10H11BrClNO/c1-7(12)10(14)13-6-8-4-2-3-5-9(8)11/h2-5,7H,6H2,1H3,(H,13,14). The van der Waals surface area contributed by atoms with Crippen LogP contribution in [0.1, 0.15) is 12.5 Å². The predicted octanol–water partition coefficient (Wildman–Crippen LogP) is 2.69. The quantitative estimate of drug-likeness (QED) is 0.845. The van der Waals surface area contributed by atoms with Gasteiger partial charge in [-0.3, -0.25) is 4.79 Å². The van der Waals surface area contributed by atoms with Crippen LogP contribution in [0.15, 0.2) is 28.7 Å². The van der Waals surface area contributed by atoms with Gasteiger partial charge in [0.1, 0.15) is 5.38 Å². The van der Waals surface area contributed by atoms with Crippen molar-refractivity contribution in [3.8, 4) is 0 Å². The van der Waals surface area contributed by atoms with Crippen LogP contribution in [0.3, 0.4) is 0 Å². The van der Waals surface area contributed by atoms with Gasteiger partial charge in [0.2, 0.25) is 5.91 Å². The van der Waals surface area contributed by atoms with Gasteiger partial charge in [0.05, 0.1) is 0 Å². The summed E-state index contributed by atoms with van der Waals surface area (Å²) in [5, 5.41) is 2.25. The second-order valence-corrected chi connectivity index (χ2v) is 4.43. The van der Waals surface area contributed by atoms with Crippen molar-refractivity contribution in [1.82, 2.24) is 5.32 Å².